The molecule has 0 saturated carbocycles. The van der Waals surface area contributed by atoms with E-state index in [4.69, 9.17) is 5.73 Å². The van der Waals surface area contributed by atoms with Crippen molar-refractivity contribution in [3.8, 4) is 11.1 Å². The van der Waals surface area contributed by atoms with Gasteiger partial charge in [-0.05, 0) is 47.9 Å². The Hall–Kier alpha value is -2.35. The van der Waals surface area contributed by atoms with Crippen LogP contribution in [0.4, 0.5) is 5.69 Å². The van der Waals surface area contributed by atoms with E-state index in [9.17, 15) is 0 Å². The Labute approximate surface area is 106 Å². The van der Waals surface area contributed by atoms with Gasteiger partial charge in [0.15, 0.2) is 0 Å². The fraction of sp³-hybridized carbons (Fsp3) is 0.0625. The van der Waals surface area contributed by atoms with Gasteiger partial charge in [0.05, 0.1) is 5.52 Å². The third-order valence-electron chi connectivity index (χ3n) is 3.23. The number of anilines is 1. The van der Waals surface area contributed by atoms with Gasteiger partial charge in [-0.15, -0.1) is 0 Å². The zero-order valence-electron chi connectivity index (χ0n) is 10.2. The Morgan fingerprint density at radius 2 is 1.83 bits per heavy atom. The molecule has 3 aromatic rings. The van der Waals surface area contributed by atoms with Gasteiger partial charge in [0.25, 0.3) is 0 Å². The molecule has 0 saturated heterocycles. The molecule has 0 unspecified atom stereocenters. The summed E-state index contributed by atoms with van der Waals surface area (Å²) in [5.74, 6) is 0. The van der Waals surface area contributed by atoms with Gasteiger partial charge < -0.3 is 5.73 Å². The van der Waals surface area contributed by atoms with Crippen LogP contribution in [0.1, 0.15) is 5.56 Å². The number of nitrogens with two attached hydrogens (primary N) is 1. The lowest BCUT2D eigenvalue weighted by molar-refractivity contribution is 1.40. The summed E-state index contributed by atoms with van der Waals surface area (Å²) in [6, 6.07) is 16.4. The quantitative estimate of drug-likeness (QED) is 0.650. The second-order valence-electron chi connectivity index (χ2n) is 4.45. The van der Waals surface area contributed by atoms with Crippen molar-refractivity contribution in [2.24, 2.45) is 0 Å². The van der Waals surface area contributed by atoms with E-state index < -0.39 is 0 Å². The zero-order valence-corrected chi connectivity index (χ0v) is 10.2. The number of rotatable bonds is 1. The summed E-state index contributed by atoms with van der Waals surface area (Å²) in [7, 11) is 0. The monoisotopic (exact) mass is 234 g/mol. The largest absolute Gasteiger partial charge is 0.399 e. The predicted octanol–water partition coefficient (Wildman–Crippen LogP) is 3.79. The fourth-order valence-corrected chi connectivity index (χ4v) is 2.19. The van der Waals surface area contributed by atoms with Crippen LogP contribution in [0.25, 0.3) is 22.0 Å². The second-order valence-corrected chi connectivity index (χ2v) is 4.45. The summed E-state index contributed by atoms with van der Waals surface area (Å²) in [5, 5.41) is 1.17. The number of nitrogens with zero attached hydrogens (tertiary/aromatic N) is 1. The van der Waals surface area contributed by atoms with E-state index >= 15 is 0 Å². The maximum Gasteiger partial charge on any atom is 0.0708 e. The van der Waals surface area contributed by atoms with Crippen LogP contribution in [0.3, 0.4) is 0 Å². The van der Waals surface area contributed by atoms with Crippen LogP contribution >= 0.6 is 0 Å². The second kappa shape index (κ2) is 4.15. The SMILES string of the molecule is Cc1cc(-c2ccnc3ccccc23)ccc1N. The van der Waals surface area contributed by atoms with Crippen molar-refractivity contribution in [1.29, 1.82) is 0 Å². The summed E-state index contributed by atoms with van der Waals surface area (Å²) < 4.78 is 0. The van der Waals surface area contributed by atoms with Crippen LogP contribution in [0.2, 0.25) is 0 Å². The van der Waals surface area contributed by atoms with Crippen molar-refractivity contribution in [3.05, 3.63) is 60.3 Å². The Morgan fingerprint density at radius 3 is 2.67 bits per heavy atom. The molecule has 0 fully saturated rings. The molecule has 3 rings (SSSR count). The Kier molecular flexibility index (Phi) is 2.49. The summed E-state index contributed by atoms with van der Waals surface area (Å²) >= 11 is 0. The maximum absolute atomic E-state index is 5.87. The van der Waals surface area contributed by atoms with Crippen molar-refractivity contribution in [2.75, 3.05) is 5.73 Å². The number of nitrogen functional groups attached to an aromatic ring is 1. The first-order valence-electron chi connectivity index (χ1n) is 5.96. The molecular weight excluding hydrogens is 220 g/mol. The average molecular weight is 234 g/mol. The van der Waals surface area contributed by atoms with Gasteiger partial charge in [-0.2, -0.15) is 0 Å². The first-order chi connectivity index (χ1) is 8.75. The van der Waals surface area contributed by atoms with E-state index in [1.54, 1.807) is 0 Å². The predicted molar refractivity (Wildman–Crippen MR) is 76.3 cm³/mol. The van der Waals surface area contributed by atoms with Gasteiger partial charge in [-0.1, -0.05) is 24.3 Å². The molecule has 0 bridgehead atoms. The van der Waals surface area contributed by atoms with Crippen LogP contribution < -0.4 is 5.73 Å². The molecule has 0 aliphatic heterocycles. The molecule has 0 aliphatic rings. The minimum absolute atomic E-state index is 0.831. The highest BCUT2D eigenvalue weighted by Crippen LogP contribution is 2.29. The standard InChI is InChI=1S/C16H14N2/c1-11-10-12(6-7-15(11)17)13-8-9-18-16-5-3-2-4-14(13)16/h2-10H,17H2,1H3. The number of pyridine rings is 1. The van der Waals surface area contributed by atoms with Crippen molar-refractivity contribution >= 4 is 16.6 Å². The number of aromatic nitrogens is 1. The Bertz CT molecular complexity index is 712. The van der Waals surface area contributed by atoms with E-state index in [-0.39, 0.29) is 0 Å². The van der Waals surface area contributed by atoms with Gasteiger partial charge in [0, 0.05) is 17.3 Å². The molecule has 2 nitrogen and oxygen atoms in total. The molecule has 0 amide bonds. The van der Waals surface area contributed by atoms with E-state index in [1.165, 1.54) is 16.5 Å². The maximum atomic E-state index is 5.87. The van der Waals surface area contributed by atoms with Crippen LogP contribution in [0, 0.1) is 6.92 Å². The first-order valence-corrected chi connectivity index (χ1v) is 5.96. The van der Waals surface area contributed by atoms with E-state index in [0.29, 0.717) is 0 Å². The third kappa shape index (κ3) is 1.72. The highest BCUT2D eigenvalue weighted by molar-refractivity contribution is 5.94. The lowest BCUT2D eigenvalue weighted by atomic mass is 9.99. The molecule has 0 atom stereocenters. The zero-order chi connectivity index (χ0) is 12.5. The van der Waals surface area contributed by atoms with E-state index in [1.807, 2.05) is 43.5 Å². The first kappa shape index (κ1) is 10.8. The van der Waals surface area contributed by atoms with Gasteiger partial charge in [-0.3, -0.25) is 4.98 Å². The molecule has 2 heteroatoms. The number of hydrogen-bond acceptors (Lipinski definition) is 2. The average Bonchev–Trinajstić information content (AvgIpc) is 2.41. The normalized spacial score (nSPS) is 10.7. The fourth-order valence-electron chi connectivity index (χ4n) is 2.19. The number of aryl methyl sites for hydroxylation is 1. The number of benzene rings is 2. The van der Waals surface area contributed by atoms with Gasteiger partial charge in [0.1, 0.15) is 0 Å². The summed E-state index contributed by atoms with van der Waals surface area (Å²) in [6.07, 6.45) is 1.85. The Morgan fingerprint density at radius 1 is 1.00 bits per heavy atom. The lowest BCUT2D eigenvalue weighted by Gasteiger charge is -2.08. The molecule has 1 aromatic heterocycles. The summed E-state index contributed by atoms with van der Waals surface area (Å²) in [6.45, 7) is 2.03. The molecule has 0 aliphatic carbocycles. The van der Waals surface area contributed by atoms with Crippen molar-refractivity contribution in [2.45, 2.75) is 6.92 Å². The molecule has 88 valence electrons. The number of fused-ring (bicyclic) bond motifs is 1. The molecule has 2 N–H and O–H groups in total. The molecule has 0 spiro atoms. The van der Waals surface area contributed by atoms with Gasteiger partial charge in [0.2, 0.25) is 0 Å². The van der Waals surface area contributed by atoms with Crippen molar-refractivity contribution in [1.82, 2.24) is 4.98 Å². The lowest BCUT2D eigenvalue weighted by Crippen LogP contribution is -1.90. The molecular formula is C16H14N2. The molecule has 2 aromatic carbocycles. The van der Waals surface area contributed by atoms with Crippen molar-refractivity contribution < 1.29 is 0 Å². The minimum Gasteiger partial charge on any atom is -0.399 e. The van der Waals surface area contributed by atoms with Crippen LogP contribution in [0.5, 0.6) is 0 Å². The number of para-hydroxylation sites is 1. The molecule has 18 heavy (non-hydrogen) atoms. The smallest absolute Gasteiger partial charge is 0.0708 e. The topological polar surface area (TPSA) is 38.9 Å². The summed E-state index contributed by atoms with van der Waals surface area (Å²) in [4.78, 5) is 4.38. The number of hydrogen-bond donors (Lipinski definition) is 1. The van der Waals surface area contributed by atoms with Gasteiger partial charge in [-0.25, -0.2) is 0 Å². The highest BCUT2D eigenvalue weighted by Gasteiger charge is 2.05. The molecule has 1 heterocycles. The van der Waals surface area contributed by atoms with E-state index in [2.05, 4.69) is 23.2 Å². The minimum atomic E-state index is 0.831. The summed E-state index contributed by atoms with van der Waals surface area (Å²) in [5.41, 5.74) is 11.2. The van der Waals surface area contributed by atoms with Crippen molar-refractivity contribution in [3.63, 3.8) is 0 Å². The highest BCUT2D eigenvalue weighted by atomic mass is 14.6. The van der Waals surface area contributed by atoms with Crippen LogP contribution in [0.15, 0.2) is 54.7 Å². The van der Waals surface area contributed by atoms with E-state index in [0.717, 1.165) is 16.8 Å². The third-order valence-corrected chi connectivity index (χ3v) is 3.23. The molecule has 0 radical (unpaired) electrons. The van der Waals surface area contributed by atoms with Gasteiger partial charge >= 0.3 is 0 Å². The van der Waals surface area contributed by atoms with Crippen LogP contribution in [-0.2, 0) is 0 Å². The Balaban J connectivity index is 2.28. The van der Waals surface area contributed by atoms with Crippen LogP contribution in [-0.4, -0.2) is 4.98 Å².